The van der Waals surface area contributed by atoms with Gasteiger partial charge in [0.05, 0.1) is 16.8 Å². The van der Waals surface area contributed by atoms with Gasteiger partial charge in [-0.25, -0.2) is 0 Å². The molecule has 1 aliphatic rings. The van der Waals surface area contributed by atoms with Crippen LogP contribution in [0.4, 0.5) is 18.9 Å². The number of hydrogen-bond donors (Lipinski definition) is 3. The molecular formula is C13H14F3N3O2. The molecule has 0 saturated carbocycles. The predicted molar refractivity (Wildman–Crippen MR) is 69.4 cm³/mol. The van der Waals surface area contributed by atoms with Crippen LogP contribution in [0.5, 0.6) is 0 Å². The summed E-state index contributed by atoms with van der Waals surface area (Å²) in [6.07, 6.45) is -3.90. The van der Waals surface area contributed by atoms with Gasteiger partial charge in [-0.2, -0.15) is 13.2 Å². The fourth-order valence-electron chi connectivity index (χ4n) is 2.13. The van der Waals surface area contributed by atoms with Crippen molar-refractivity contribution in [2.75, 3.05) is 12.3 Å². The second kappa shape index (κ2) is 5.63. The lowest BCUT2D eigenvalue weighted by Crippen LogP contribution is -2.47. The number of piperidine rings is 1. The van der Waals surface area contributed by atoms with Crippen LogP contribution in [0.2, 0.25) is 0 Å². The molecule has 0 bridgehead atoms. The first kappa shape index (κ1) is 15.1. The van der Waals surface area contributed by atoms with E-state index >= 15 is 0 Å². The van der Waals surface area contributed by atoms with Crippen molar-refractivity contribution in [2.24, 2.45) is 0 Å². The maximum Gasteiger partial charge on any atom is 0.418 e. The molecule has 1 saturated heterocycles. The Morgan fingerprint density at radius 1 is 1.38 bits per heavy atom. The van der Waals surface area contributed by atoms with Crippen LogP contribution in [0.1, 0.15) is 28.8 Å². The fourth-order valence-corrected chi connectivity index (χ4v) is 2.13. The summed E-state index contributed by atoms with van der Waals surface area (Å²) in [6.45, 7) is 0.253. The van der Waals surface area contributed by atoms with E-state index in [1.807, 2.05) is 0 Å². The summed E-state index contributed by atoms with van der Waals surface area (Å²) in [4.78, 5) is 23.0. The van der Waals surface area contributed by atoms with E-state index in [1.165, 1.54) is 6.07 Å². The molecule has 2 rings (SSSR count). The van der Waals surface area contributed by atoms with Crippen LogP contribution in [-0.4, -0.2) is 24.4 Å². The van der Waals surface area contributed by atoms with E-state index in [9.17, 15) is 22.8 Å². The van der Waals surface area contributed by atoms with Crippen LogP contribution >= 0.6 is 0 Å². The molecule has 0 spiro atoms. The van der Waals surface area contributed by atoms with Gasteiger partial charge in [-0.05, 0) is 18.6 Å². The normalized spacial score (nSPS) is 19.0. The minimum absolute atomic E-state index is 0.112. The number of amides is 2. The summed E-state index contributed by atoms with van der Waals surface area (Å²) in [7, 11) is 0. The van der Waals surface area contributed by atoms with Gasteiger partial charge < -0.3 is 16.4 Å². The first-order valence-corrected chi connectivity index (χ1v) is 6.32. The summed E-state index contributed by atoms with van der Waals surface area (Å²) < 4.78 is 38.2. The molecule has 2 amide bonds. The monoisotopic (exact) mass is 301 g/mol. The zero-order valence-corrected chi connectivity index (χ0v) is 11.0. The second-order valence-electron chi connectivity index (χ2n) is 4.78. The van der Waals surface area contributed by atoms with Gasteiger partial charge in [0, 0.05) is 19.0 Å². The highest BCUT2D eigenvalue weighted by Gasteiger charge is 2.34. The van der Waals surface area contributed by atoms with Gasteiger partial charge in [-0.3, -0.25) is 9.59 Å². The Bertz CT molecular complexity index is 562. The highest BCUT2D eigenvalue weighted by molar-refractivity contribution is 6.00. The quantitative estimate of drug-likeness (QED) is 0.720. The van der Waals surface area contributed by atoms with Crippen molar-refractivity contribution in [1.29, 1.82) is 0 Å². The summed E-state index contributed by atoms with van der Waals surface area (Å²) in [6, 6.07) is 2.88. The number of hydrogen-bond acceptors (Lipinski definition) is 3. The zero-order chi connectivity index (χ0) is 15.6. The summed E-state index contributed by atoms with van der Waals surface area (Å²) in [5, 5.41) is 5.15. The highest BCUT2D eigenvalue weighted by atomic mass is 19.4. The minimum atomic E-state index is -4.61. The average molecular weight is 301 g/mol. The Morgan fingerprint density at radius 3 is 2.67 bits per heavy atom. The van der Waals surface area contributed by atoms with E-state index in [-0.39, 0.29) is 30.5 Å². The Morgan fingerprint density at radius 2 is 2.10 bits per heavy atom. The van der Waals surface area contributed by atoms with Crippen LogP contribution in [0.3, 0.4) is 0 Å². The number of halogens is 3. The fraction of sp³-hybridized carbons (Fsp3) is 0.385. The van der Waals surface area contributed by atoms with Crippen molar-refractivity contribution >= 4 is 17.5 Å². The van der Waals surface area contributed by atoms with Gasteiger partial charge in [-0.1, -0.05) is 6.07 Å². The third-order valence-corrected chi connectivity index (χ3v) is 3.26. The molecule has 0 aromatic heterocycles. The number of para-hydroxylation sites is 1. The van der Waals surface area contributed by atoms with Crippen LogP contribution in [-0.2, 0) is 11.0 Å². The Labute approximate surface area is 118 Å². The minimum Gasteiger partial charge on any atom is -0.398 e. The molecule has 1 aromatic carbocycles. The molecule has 1 unspecified atom stereocenters. The number of alkyl halides is 3. The predicted octanol–water partition coefficient (Wildman–Crippen LogP) is 1.30. The van der Waals surface area contributed by atoms with E-state index in [0.717, 1.165) is 12.1 Å². The maximum absolute atomic E-state index is 12.7. The number of rotatable bonds is 2. The third kappa shape index (κ3) is 3.45. The van der Waals surface area contributed by atoms with Gasteiger partial charge in [-0.15, -0.1) is 0 Å². The lowest BCUT2D eigenvalue weighted by atomic mass is 10.0. The van der Waals surface area contributed by atoms with E-state index in [1.54, 1.807) is 0 Å². The van der Waals surface area contributed by atoms with Gasteiger partial charge in [0.2, 0.25) is 5.91 Å². The first-order valence-electron chi connectivity index (χ1n) is 6.32. The van der Waals surface area contributed by atoms with Crippen molar-refractivity contribution in [1.82, 2.24) is 10.6 Å². The Balaban J connectivity index is 2.14. The number of nitrogens with one attached hydrogen (secondary N) is 2. The topological polar surface area (TPSA) is 84.2 Å². The number of benzene rings is 1. The van der Waals surface area contributed by atoms with Gasteiger partial charge in [0.15, 0.2) is 0 Å². The lowest BCUT2D eigenvalue weighted by Gasteiger charge is -2.24. The Kier molecular flexibility index (Phi) is 4.06. The number of nitrogens with two attached hydrogens (primary N) is 1. The SMILES string of the molecule is Nc1c(C(=O)NC2CCC(=O)NC2)cccc1C(F)(F)F. The molecule has 1 atom stereocenters. The molecule has 1 fully saturated rings. The third-order valence-electron chi connectivity index (χ3n) is 3.26. The summed E-state index contributed by atoms with van der Waals surface area (Å²) in [5.74, 6) is -0.793. The average Bonchev–Trinajstić information content (AvgIpc) is 2.40. The van der Waals surface area contributed by atoms with E-state index < -0.39 is 23.3 Å². The highest BCUT2D eigenvalue weighted by Crippen LogP contribution is 2.34. The van der Waals surface area contributed by atoms with Crippen molar-refractivity contribution < 1.29 is 22.8 Å². The molecule has 1 heterocycles. The van der Waals surface area contributed by atoms with Crippen LogP contribution in [0.25, 0.3) is 0 Å². The van der Waals surface area contributed by atoms with Crippen molar-refractivity contribution in [3.8, 4) is 0 Å². The Hall–Kier alpha value is -2.25. The largest absolute Gasteiger partial charge is 0.418 e. The number of nitrogen functional groups attached to an aromatic ring is 1. The molecule has 21 heavy (non-hydrogen) atoms. The van der Waals surface area contributed by atoms with Crippen molar-refractivity contribution in [2.45, 2.75) is 25.1 Å². The zero-order valence-electron chi connectivity index (χ0n) is 11.0. The lowest BCUT2D eigenvalue weighted by molar-refractivity contribution is -0.137. The smallest absolute Gasteiger partial charge is 0.398 e. The molecule has 1 aromatic rings. The molecular weight excluding hydrogens is 287 g/mol. The summed E-state index contributed by atoms with van der Waals surface area (Å²) in [5.41, 5.74) is 3.60. The molecule has 4 N–H and O–H groups in total. The van der Waals surface area contributed by atoms with E-state index in [0.29, 0.717) is 6.42 Å². The number of anilines is 1. The van der Waals surface area contributed by atoms with Crippen molar-refractivity contribution in [3.05, 3.63) is 29.3 Å². The standard InChI is InChI=1S/C13H14F3N3O2/c14-13(15,16)9-3-1-2-8(11(9)17)12(21)19-7-4-5-10(20)18-6-7/h1-3,7H,4-6,17H2,(H,18,20)(H,19,21). The molecule has 0 aliphatic carbocycles. The van der Waals surface area contributed by atoms with Gasteiger partial charge in [0.25, 0.3) is 5.91 Å². The number of carbonyl (C=O) groups excluding carboxylic acids is 2. The van der Waals surface area contributed by atoms with Crippen LogP contribution < -0.4 is 16.4 Å². The molecule has 8 heteroatoms. The van der Waals surface area contributed by atoms with Crippen LogP contribution in [0, 0.1) is 0 Å². The molecule has 5 nitrogen and oxygen atoms in total. The molecule has 1 aliphatic heterocycles. The van der Waals surface area contributed by atoms with Gasteiger partial charge in [0.1, 0.15) is 0 Å². The van der Waals surface area contributed by atoms with Crippen molar-refractivity contribution in [3.63, 3.8) is 0 Å². The summed E-state index contributed by atoms with van der Waals surface area (Å²) >= 11 is 0. The van der Waals surface area contributed by atoms with Gasteiger partial charge >= 0.3 is 6.18 Å². The second-order valence-corrected chi connectivity index (χ2v) is 4.78. The molecule has 0 radical (unpaired) electrons. The molecule has 114 valence electrons. The number of carbonyl (C=O) groups is 2. The maximum atomic E-state index is 12.7. The first-order chi connectivity index (χ1) is 9.79. The van der Waals surface area contributed by atoms with E-state index in [4.69, 9.17) is 5.73 Å². The van der Waals surface area contributed by atoms with Crippen LogP contribution in [0.15, 0.2) is 18.2 Å². The van der Waals surface area contributed by atoms with E-state index in [2.05, 4.69) is 10.6 Å².